The first-order chi connectivity index (χ1) is 13.6. The van der Waals surface area contributed by atoms with Crippen LogP contribution in [0.25, 0.3) is 10.9 Å². The number of aromatic nitrogens is 2. The van der Waals surface area contributed by atoms with Gasteiger partial charge in [-0.15, -0.1) is 0 Å². The van der Waals surface area contributed by atoms with E-state index in [4.69, 9.17) is 4.74 Å². The molecule has 3 unspecified atom stereocenters. The van der Waals surface area contributed by atoms with Crippen LogP contribution >= 0.6 is 0 Å². The second-order valence-corrected chi connectivity index (χ2v) is 7.67. The topological polar surface area (TPSA) is 101 Å². The lowest BCUT2D eigenvalue weighted by molar-refractivity contribution is 0.0338. The lowest BCUT2D eigenvalue weighted by Crippen LogP contribution is -2.48. The molecule has 0 bridgehead atoms. The van der Waals surface area contributed by atoms with Crippen molar-refractivity contribution in [3.8, 4) is 12.1 Å². The van der Waals surface area contributed by atoms with E-state index in [1.807, 2.05) is 38.1 Å². The van der Waals surface area contributed by atoms with Gasteiger partial charge in [-0.1, -0.05) is 6.07 Å². The van der Waals surface area contributed by atoms with Gasteiger partial charge in [-0.05, 0) is 37.6 Å². The number of nitrogens with one attached hydrogen (secondary N) is 2. The average molecular weight is 376 g/mol. The molecule has 2 aliphatic rings. The van der Waals surface area contributed by atoms with Crippen molar-refractivity contribution in [1.82, 2.24) is 20.4 Å². The maximum atomic E-state index is 10.2. The number of ether oxygens (including phenoxy) is 1. The van der Waals surface area contributed by atoms with Crippen LogP contribution in [0, 0.1) is 28.6 Å². The molecule has 7 heteroatoms. The predicted molar refractivity (Wildman–Crippen MR) is 105 cm³/mol. The van der Waals surface area contributed by atoms with Crippen molar-refractivity contribution in [1.29, 1.82) is 10.5 Å². The maximum Gasteiger partial charge on any atom is 0.120 e. The minimum absolute atomic E-state index is 0.109. The van der Waals surface area contributed by atoms with Gasteiger partial charge >= 0.3 is 0 Å². The number of nitriles is 2. The van der Waals surface area contributed by atoms with Crippen LogP contribution in [0.5, 0.6) is 0 Å². The van der Waals surface area contributed by atoms with Crippen LogP contribution < -0.4 is 5.32 Å². The van der Waals surface area contributed by atoms with E-state index in [0.29, 0.717) is 0 Å². The van der Waals surface area contributed by atoms with E-state index in [1.54, 1.807) is 0 Å². The first kappa shape index (κ1) is 18.5. The van der Waals surface area contributed by atoms with E-state index in [1.165, 1.54) is 0 Å². The number of hydrogen-bond acceptors (Lipinski definition) is 6. The monoisotopic (exact) mass is 376 g/mol. The molecule has 144 valence electrons. The molecule has 0 amide bonds. The van der Waals surface area contributed by atoms with Crippen molar-refractivity contribution >= 4 is 10.9 Å². The molecule has 0 aliphatic carbocycles. The Morgan fingerprint density at radius 2 is 2.11 bits per heavy atom. The van der Waals surface area contributed by atoms with E-state index in [0.717, 1.165) is 60.7 Å². The summed E-state index contributed by atoms with van der Waals surface area (Å²) in [5.41, 5.74) is 2.68. The van der Waals surface area contributed by atoms with E-state index >= 15 is 0 Å². The number of fused-ring (bicyclic) bond motifs is 1. The van der Waals surface area contributed by atoms with Crippen LogP contribution in [-0.2, 0) is 16.7 Å². The van der Waals surface area contributed by atoms with Crippen molar-refractivity contribution in [2.24, 2.45) is 5.92 Å². The van der Waals surface area contributed by atoms with Crippen molar-refractivity contribution in [3.63, 3.8) is 0 Å². The summed E-state index contributed by atoms with van der Waals surface area (Å²) in [6.45, 7) is 7.93. The largest absolute Gasteiger partial charge is 0.385 e. The molecule has 1 aromatic heterocycles. The first-order valence-corrected chi connectivity index (χ1v) is 9.62. The summed E-state index contributed by atoms with van der Waals surface area (Å²) < 4.78 is 5.43. The lowest BCUT2D eigenvalue weighted by atomic mass is 9.67. The molecule has 7 nitrogen and oxygen atoms in total. The Morgan fingerprint density at radius 3 is 2.82 bits per heavy atom. The maximum absolute atomic E-state index is 10.2. The van der Waals surface area contributed by atoms with Crippen LogP contribution in [0.2, 0.25) is 0 Å². The van der Waals surface area contributed by atoms with Crippen molar-refractivity contribution in [3.05, 3.63) is 41.2 Å². The van der Waals surface area contributed by atoms with Crippen LogP contribution in [0.4, 0.5) is 0 Å². The number of hydrogen-bond donors (Lipinski definition) is 2. The number of H-pyrrole nitrogens is 1. The fraction of sp³-hybridized carbons (Fsp3) is 0.476. The zero-order valence-electron chi connectivity index (χ0n) is 16.2. The number of benzene rings is 1. The summed E-state index contributed by atoms with van der Waals surface area (Å²) >= 11 is 0. The molecule has 1 aromatic carbocycles. The fourth-order valence-corrected chi connectivity index (χ4v) is 4.38. The molecule has 3 heterocycles. The van der Waals surface area contributed by atoms with Crippen molar-refractivity contribution < 1.29 is 4.74 Å². The molecule has 2 aliphatic heterocycles. The summed E-state index contributed by atoms with van der Waals surface area (Å²) in [4.78, 5) is 2.33. The van der Waals surface area contributed by atoms with Gasteiger partial charge in [-0.25, -0.2) is 0 Å². The third-order valence-electron chi connectivity index (χ3n) is 5.81. The number of nitrogens with zero attached hydrogens (tertiary/aromatic N) is 4. The second-order valence-electron chi connectivity index (χ2n) is 7.67. The summed E-state index contributed by atoms with van der Waals surface area (Å²) in [6.07, 6.45) is 1.89. The second kappa shape index (κ2) is 7.27. The quantitative estimate of drug-likeness (QED) is 0.852. The van der Waals surface area contributed by atoms with Gasteiger partial charge in [-0.2, -0.15) is 15.6 Å². The van der Waals surface area contributed by atoms with Gasteiger partial charge in [0.05, 0.1) is 42.5 Å². The standard InChI is InChI=1S/C21H24N6O/c1-14-10-21(13-23,18(11-22)15(2)24-14)16-3-4-19-17(9-16)20(26-25-19)12-27-5-7-28-8-6-27/h3-4,9-10,15,18,24H,5-8,12H2,1-2H3,(H,25,26). The average Bonchev–Trinajstić information content (AvgIpc) is 3.10. The smallest absolute Gasteiger partial charge is 0.120 e. The Labute approximate surface area is 164 Å². The lowest BCUT2D eigenvalue weighted by Gasteiger charge is -2.38. The highest BCUT2D eigenvalue weighted by atomic mass is 16.5. The molecular weight excluding hydrogens is 352 g/mol. The molecule has 3 atom stereocenters. The third-order valence-corrected chi connectivity index (χ3v) is 5.81. The van der Waals surface area contributed by atoms with Gasteiger partial charge in [0.15, 0.2) is 0 Å². The van der Waals surface area contributed by atoms with Crippen LogP contribution in [0.3, 0.4) is 0 Å². The first-order valence-electron chi connectivity index (χ1n) is 9.62. The number of allylic oxidation sites excluding steroid dienone is 2. The van der Waals surface area contributed by atoms with Crippen LogP contribution in [0.15, 0.2) is 30.0 Å². The minimum Gasteiger partial charge on any atom is -0.385 e. The molecule has 4 rings (SSSR count). The van der Waals surface area contributed by atoms with Crippen molar-refractivity contribution in [2.45, 2.75) is 31.8 Å². The Bertz CT molecular complexity index is 990. The van der Waals surface area contributed by atoms with E-state index < -0.39 is 11.3 Å². The van der Waals surface area contributed by atoms with E-state index in [9.17, 15) is 10.5 Å². The summed E-state index contributed by atoms with van der Waals surface area (Å²) in [7, 11) is 0. The molecule has 1 saturated heterocycles. The van der Waals surface area contributed by atoms with E-state index in [-0.39, 0.29) is 6.04 Å². The zero-order chi connectivity index (χ0) is 19.7. The highest BCUT2D eigenvalue weighted by Gasteiger charge is 2.45. The Kier molecular flexibility index (Phi) is 4.80. The summed E-state index contributed by atoms with van der Waals surface area (Å²) in [5, 5.41) is 31.9. The molecule has 0 radical (unpaired) electrons. The van der Waals surface area contributed by atoms with Gasteiger partial charge in [0.2, 0.25) is 0 Å². The minimum atomic E-state index is -0.981. The number of morpholine rings is 1. The highest BCUT2D eigenvalue weighted by molar-refractivity contribution is 5.82. The molecule has 2 aromatic rings. The molecule has 1 fully saturated rings. The van der Waals surface area contributed by atoms with Gasteiger partial charge in [0.1, 0.15) is 5.41 Å². The Morgan fingerprint density at radius 1 is 1.32 bits per heavy atom. The third kappa shape index (κ3) is 3.03. The number of rotatable bonds is 3. The Balaban J connectivity index is 1.78. The predicted octanol–water partition coefficient (Wildman–Crippen LogP) is 2.19. The SMILES string of the molecule is CC1=CC(C#N)(c2ccc3n[nH]c(CN4CCOCC4)c3c2)C(C#N)C(C)N1. The van der Waals surface area contributed by atoms with Gasteiger partial charge < -0.3 is 10.1 Å². The molecule has 28 heavy (non-hydrogen) atoms. The van der Waals surface area contributed by atoms with E-state index in [2.05, 4.69) is 32.6 Å². The van der Waals surface area contributed by atoms with Gasteiger partial charge in [0.25, 0.3) is 0 Å². The normalized spacial score (nSPS) is 28.2. The number of aromatic amines is 1. The molecular formula is C21H24N6O. The molecule has 0 spiro atoms. The van der Waals surface area contributed by atoms with Crippen LogP contribution in [-0.4, -0.2) is 47.4 Å². The highest BCUT2D eigenvalue weighted by Crippen LogP contribution is 2.40. The van der Waals surface area contributed by atoms with Crippen LogP contribution in [0.1, 0.15) is 25.1 Å². The Hall–Kier alpha value is -2.87. The fourth-order valence-electron chi connectivity index (χ4n) is 4.38. The molecule has 2 N–H and O–H groups in total. The van der Waals surface area contributed by atoms with Gasteiger partial charge in [0, 0.05) is 36.8 Å². The van der Waals surface area contributed by atoms with Gasteiger partial charge in [-0.3, -0.25) is 10.00 Å². The van der Waals surface area contributed by atoms with Crippen molar-refractivity contribution in [2.75, 3.05) is 26.3 Å². The summed E-state index contributed by atoms with van der Waals surface area (Å²) in [6, 6.07) is 10.6. The molecule has 0 saturated carbocycles. The zero-order valence-corrected chi connectivity index (χ0v) is 16.2. The summed E-state index contributed by atoms with van der Waals surface area (Å²) in [5.74, 6) is -0.478.